The molecule has 9 heteroatoms. The van der Waals surface area contributed by atoms with Crippen LogP contribution in [0.1, 0.15) is 5.56 Å². The van der Waals surface area contributed by atoms with Crippen LogP contribution in [0.5, 0.6) is 0 Å². The summed E-state index contributed by atoms with van der Waals surface area (Å²) in [7, 11) is 0. The van der Waals surface area contributed by atoms with Crippen molar-refractivity contribution in [3.63, 3.8) is 0 Å². The third kappa shape index (κ3) is 5.85. The molecular weight excluding hydrogens is 312 g/mol. The molecule has 0 bridgehead atoms. The highest BCUT2D eigenvalue weighted by atomic mass is 32.2. The number of nitrogens with two attached hydrogens (primary N) is 1. The van der Waals surface area contributed by atoms with Gasteiger partial charge in [0.1, 0.15) is 0 Å². The Kier molecular flexibility index (Phi) is 5.31. The summed E-state index contributed by atoms with van der Waals surface area (Å²) in [6.45, 7) is 0. The molecular formula is C10H9F6NS2. The van der Waals surface area contributed by atoms with Gasteiger partial charge in [0.2, 0.25) is 0 Å². The molecule has 0 fully saturated rings. The molecule has 0 aromatic heterocycles. The number of rotatable bonds is 4. The summed E-state index contributed by atoms with van der Waals surface area (Å²) in [5.74, 6) is -0.0750. The van der Waals surface area contributed by atoms with E-state index in [0.717, 1.165) is 23.9 Å². The third-order valence-electron chi connectivity index (χ3n) is 1.94. The van der Waals surface area contributed by atoms with Crippen molar-refractivity contribution in [3.05, 3.63) is 23.8 Å². The molecule has 0 saturated carbocycles. The van der Waals surface area contributed by atoms with Crippen LogP contribution in [-0.4, -0.2) is 17.0 Å². The minimum Gasteiger partial charge on any atom is -0.398 e. The summed E-state index contributed by atoms with van der Waals surface area (Å²) in [6, 6.07) is 2.80. The van der Waals surface area contributed by atoms with Crippen LogP contribution in [0.3, 0.4) is 0 Å². The topological polar surface area (TPSA) is 26.0 Å². The second-order valence-electron chi connectivity index (χ2n) is 3.39. The van der Waals surface area contributed by atoms with Crippen LogP contribution in [0.15, 0.2) is 23.1 Å². The number of anilines is 1. The molecule has 1 aromatic rings. The molecule has 0 saturated heterocycles. The van der Waals surface area contributed by atoms with E-state index in [1.165, 1.54) is 6.07 Å². The van der Waals surface area contributed by atoms with Crippen LogP contribution in [0.25, 0.3) is 0 Å². The van der Waals surface area contributed by atoms with Crippen molar-refractivity contribution in [1.82, 2.24) is 0 Å². The zero-order valence-corrected chi connectivity index (χ0v) is 10.9. The Morgan fingerprint density at radius 1 is 1.00 bits per heavy atom. The van der Waals surface area contributed by atoms with Crippen molar-refractivity contribution >= 4 is 29.2 Å². The minimum atomic E-state index is -4.48. The van der Waals surface area contributed by atoms with E-state index in [-0.39, 0.29) is 29.0 Å². The van der Waals surface area contributed by atoms with E-state index in [2.05, 4.69) is 0 Å². The van der Waals surface area contributed by atoms with Crippen LogP contribution in [0, 0.1) is 0 Å². The van der Waals surface area contributed by atoms with Crippen molar-refractivity contribution < 1.29 is 26.3 Å². The van der Waals surface area contributed by atoms with Crippen LogP contribution in [0.4, 0.5) is 32.0 Å². The van der Waals surface area contributed by atoms with Gasteiger partial charge in [-0.15, -0.1) is 11.8 Å². The molecule has 19 heavy (non-hydrogen) atoms. The van der Waals surface area contributed by atoms with Crippen LogP contribution >= 0.6 is 23.5 Å². The number of hydrogen-bond donors (Lipinski definition) is 1. The molecule has 1 aromatic carbocycles. The van der Waals surface area contributed by atoms with Gasteiger partial charge >= 0.3 is 11.7 Å². The van der Waals surface area contributed by atoms with Gasteiger partial charge in [-0.3, -0.25) is 0 Å². The average molecular weight is 321 g/mol. The maximum absolute atomic E-state index is 12.3. The summed E-state index contributed by atoms with van der Waals surface area (Å²) in [6.07, 6.45) is -4.48. The molecule has 0 atom stereocenters. The number of nitrogen functional groups attached to an aromatic ring is 1. The smallest absolute Gasteiger partial charge is 0.398 e. The van der Waals surface area contributed by atoms with Crippen molar-refractivity contribution in [3.8, 4) is 0 Å². The summed E-state index contributed by atoms with van der Waals surface area (Å²) >= 11 is 0.818. The second-order valence-corrected chi connectivity index (χ2v) is 5.69. The van der Waals surface area contributed by atoms with E-state index >= 15 is 0 Å². The quantitative estimate of drug-likeness (QED) is 0.379. The maximum Gasteiger partial charge on any atom is 0.441 e. The molecule has 108 valence electrons. The lowest BCUT2D eigenvalue weighted by Crippen LogP contribution is -2.06. The fourth-order valence-corrected chi connectivity index (χ4v) is 2.67. The van der Waals surface area contributed by atoms with E-state index in [4.69, 9.17) is 5.73 Å². The minimum absolute atomic E-state index is 0.0863. The molecule has 0 aliphatic carbocycles. The lowest BCUT2D eigenvalue weighted by Gasteiger charge is -2.10. The molecule has 0 aliphatic rings. The molecule has 1 nitrogen and oxygen atoms in total. The third-order valence-corrected chi connectivity index (χ3v) is 4.03. The maximum atomic E-state index is 12.3. The molecule has 0 heterocycles. The molecule has 0 amide bonds. The highest BCUT2D eigenvalue weighted by Crippen LogP contribution is 2.35. The number of hydrogen-bond acceptors (Lipinski definition) is 3. The average Bonchev–Trinajstić information content (AvgIpc) is 2.23. The first-order valence-electron chi connectivity index (χ1n) is 4.90. The van der Waals surface area contributed by atoms with Gasteiger partial charge in [0.15, 0.2) is 0 Å². The van der Waals surface area contributed by atoms with Crippen LogP contribution < -0.4 is 5.73 Å². The van der Waals surface area contributed by atoms with Crippen LogP contribution in [-0.2, 0) is 6.18 Å². The fourth-order valence-electron chi connectivity index (χ4n) is 1.17. The Hall–Kier alpha value is -0.700. The second kappa shape index (κ2) is 6.17. The number of halogens is 6. The van der Waals surface area contributed by atoms with Crippen molar-refractivity contribution in [1.29, 1.82) is 0 Å². The molecule has 0 radical (unpaired) electrons. The first kappa shape index (κ1) is 16.4. The SMILES string of the molecule is Nc1cc(C(F)(F)F)ccc1SCCSC(F)(F)F. The Morgan fingerprint density at radius 2 is 1.63 bits per heavy atom. The van der Waals surface area contributed by atoms with Gasteiger partial charge in [-0.05, 0) is 18.2 Å². The standard InChI is InChI=1S/C10H9F6NS2/c11-9(12,13)6-1-2-8(7(17)5-6)18-3-4-19-10(14,15)16/h1-2,5H,3-4,17H2. The molecule has 0 spiro atoms. The van der Waals surface area contributed by atoms with Gasteiger partial charge in [0.25, 0.3) is 0 Å². The first-order valence-corrected chi connectivity index (χ1v) is 6.87. The van der Waals surface area contributed by atoms with Gasteiger partial charge in [0.05, 0.1) is 5.56 Å². The summed E-state index contributed by atoms with van der Waals surface area (Å²) < 4.78 is 72.6. The largest absolute Gasteiger partial charge is 0.441 e. The summed E-state index contributed by atoms with van der Waals surface area (Å²) in [4.78, 5) is 0.343. The predicted octanol–water partition coefficient (Wildman–Crippen LogP) is 4.63. The van der Waals surface area contributed by atoms with Gasteiger partial charge in [-0.1, -0.05) is 11.8 Å². The van der Waals surface area contributed by atoms with Crippen molar-refractivity contribution in [2.75, 3.05) is 17.2 Å². The summed E-state index contributed by atoms with van der Waals surface area (Å²) in [5, 5.41) is 0. The van der Waals surface area contributed by atoms with Crippen molar-refractivity contribution in [2.45, 2.75) is 16.6 Å². The van der Waals surface area contributed by atoms with Gasteiger partial charge < -0.3 is 5.73 Å². The van der Waals surface area contributed by atoms with Gasteiger partial charge in [-0.25, -0.2) is 0 Å². The lowest BCUT2D eigenvalue weighted by molar-refractivity contribution is -0.137. The molecule has 0 unspecified atom stereocenters. The zero-order chi connectivity index (χ0) is 14.7. The van der Waals surface area contributed by atoms with E-state index < -0.39 is 17.2 Å². The predicted molar refractivity (Wildman–Crippen MR) is 65.1 cm³/mol. The number of thioether (sulfide) groups is 2. The van der Waals surface area contributed by atoms with Gasteiger partial charge in [0, 0.05) is 22.1 Å². The lowest BCUT2D eigenvalue weighted by atomic mass is 10.2. The Labute approximate surface area is 113 Å². The Balaban J connectivity index is 2.57. The first-order chi connectivity index (χ1) is 8.59. The molecule has 0 aliphatic heterocycles. The van der Waals surface area contributed by atoms with E-state index in [1.54, 1.807) is 0 Å². The monoisotopic (exact) mass is 321 g/mol. The number of alkyl halides is 6. The normalized spacial score (nSPS) is 12.7. The Bertz CT molecular complexity index is 429. The molecule has 2 N–H and O–H groups in total. The van der Waals surface area contributed by atoms with E-state index in [0.29, 0.717) is 4.90 Å². The summed E-state index contributed by atoms with van der Waals surface area (Å²) in [5.41, 5.74) is 0.175. The fraction of sp³-hybridized carbons (Fsp3) is 0.400. The van der Waals surface area contributed by atoms with E-state index in [9.17, 15) is 26.3 Å². The van der Waals surface area contributed by atoms with Crippen molar-refractivity contribution in [2.24, 2.45) is 0 Å². The highest BCUT2D eigenvalue weighted by Gasteiger charge is 2.31. The highest BCUT2D eigenvalue weighted by molar-refractivity contribution is 8.03. The number of benzene rings is 1. The van der Waals surface area contributed by atoms with E-state index in [1.807, 2.05) is 0 Å². The molecule has 1 rings (SSSR count). The zero-order valence-electron chi connectivity index (χ0n) is 9.31. The van der Waals surface area contributed by atoms with Crippen LogP contribution in [0.2, 0.25) is 0 Å². The Morgan fingerprint density at radius 3 is 2.11 bits per heavy atom. The van der Waals surface area contributed by atoms with Gasteiger partial charge in [-0.2, -0.15) is 26.3 Å².